The van der Waals surface area contributed by atoms with E-state index in [0.29, 0.717) is 24.2 Å². The van der Waals surface area contributed by atoms with Gasteiger partial charge in [-0.05, 0) is 32.6 Å². The molecule has 0 spiro atoms. The lowest BCUT2D eigenvalue weighted by Crippen LogP contribution is -2.40. The molecule has 1 aromatic heterocycles. The van der Waals surface area contributed by atoms with Gasteiger partial charge in [0.25, 0.3) is 0 Å². The summed E-state index contributed by atoms with van der Waals surface area (Å²) >= 11 is 0. The average molecular weight is 279 g/mol. The van der Waals surface area contributed by atoms with Gasteiger partial charge in [-0.1, -0.05) is 6.92 Å². The molecule has 1 N–H and O–H groups in total. The fourth-order valence-corrected chi connectivity index (χ4v) is 2.75. The first-order valence-electron chi connectivity index (χ1n) is 7.18. The van der Waals surface area contributed by atoms with Gasteiger partial charge in [0.1, 0.15) is 6.33 Å². The second-order valence-electron chi connectivity index (χ2n) is 4.93. The van der Waals surface area contributed by atoms with Crippen molar-refractivity contribution >= 4 is 17.3 Å². The van der Waals surface area contributed by atoms with Gasteiger partial charge >= 0.3 is 5.69 Å². The Labute approximate surface area is 118 Å². The first-order valence-corrected chi connectivity index (χ1v) is 7.18. The smallest absolute Gasteiger partial charge is 0.353 e. The van der Waals surface area contributed by atoms with E-state index in [9.17, 15) is 10.1 Å². The van der Waals surface area contributed by atoms with Gasteiger partial charge in [-0.25, -0.2) is 9.97 Å². The zero-order valence-electron chi connectivity index (χ0n) is 12.0. The van der Waals surface area contributed by atoms with Crippen molar-refractivity contribution in [1.82, 2.24) is 9.97 Å². The summed E-state index contributed by atoms with van der Waals surface area (Å²) in [5.41, 5.74) is -0.00491. The highest BCUT2D eigenvalue weighted by Crippen LogP contribution is 2.35. The molecule has 2 rings (SSSR count). The van der Waals surface area contributed by atoms with Crippen LogP contribution in [-0.2, 0) is 0 Å². The molecule has 110 valence electrons. The molecule has 1 aromatic rings. The van der Waals surface area contributed by atoms with Crippen LogP contribution in [0.1, 0.15) is 39.5 Å². The summed E-state index contributed by atoms with van der Waals surface area (Å²) in [6, 6.07) is 0.326. The Morgan fingerprint density at radius 1 is 1.45 bits per heavy atom. The van der Waals surface area contributed by atoms with Gasteiger partial charge in [-0.3, -0.25) is 10.1 Å². The molecular weight excluding hydrogens is 258 g/mol. The Morgan fingerprint density at radius 2 is 2.25 bits per heavy atom. The molecule has 0 radical (unpaired) electrons. The SMILES string of the molecule is CCNc1ncnc(N2CCCCC2CC)c1[N+](=O)[O-]. The molecule has 0 aromatic carbocycles. The molecule has 0 aliphatic carbocycles. The zero-order valence-corrected chi connectivity index (χ0v) is 12.0. The lowest BCUT2D eigenvalue weighted by atomic mass is 10.00. The molecule has 0 bridgehead atoms. The van der Waals surface area contributed by atoms with Crippen molar-refractivity contribution in [2.75, 3.05) is 23.3 Å². The van der Waals surface area contributed by atoms with Crippen molar-refractivity contribution in [3.05, 3.63) is 16.4 Å². The summed E-state index contributed by atoms with van der Waals surface area (Å²) in [6.45, 7) is 5.42. The molecule has 20 heavy (non-hydrogen) atoms. The molecule has 7 heteroatoms. The van der Waals surface area contributed by atoms with E-state index in [0.717, 1.165) is 25.8 Å². The average Bonchev–Trinajstić information content (AvgIpc) is 2.47. The van der Waals surface area contributed by atoms with Gasteiger partial charge < -0.3 is 10.2 Å². The molecule has 0 amide bonds. The van der Waals surface area contributed by atoms with E-state index >= 15 is 0 Å². The maximum atomic E-state index is 11.4. The van der Waals surface area contributed by atoms with E-state index in [1.54, 1.807) is 0 Å². The monoisotopic (exact) mass is 279 g/mol. The first kappa shape index (κ1) is 14.5. The number of hydrogen-bond acceptors (Lipinski definition) is 6. The number of nitrogens with zero attached hydrogens (tertiary/aromatic N) is 4. The van der Waals surface area contributed by atoms with E-state index in [2.05, 4.69) is 27.1 Å². The number of hydrogen-bond donors (Lipinski definition) is 1. The second kappa shape index (κ2) is 6.49. The maximum Gasteiger partial charge on any atom is 0.353 e. The van der Waals surface area contributed by atoms with Crippen molar-refractivity contribution in [3.8, 4) is 0 Å². The molecule has 1 aliphatic heterocycles. The van der Waals surface area contributed by atoms with Gasteiger partial charge in [-0.2, -0.15) is 0 Å². The van der Waals surface area contributed by atoms with E-state index in [4.69, 9.17) is 0 Å². The summed E-state index contributed by atoms with van der Waals surface area (Å²) in [5.74, 6) is 0.760. The molecule has 2 heterocycles. The number of anilines is 2. The number of rotatable bonds is 5. The van der Waals surface area contributed by atoms with Crippen LogP contribution in [0.2, 0.25) is 0 Å². The first-order chi connectivity index (χ1) is 9.69. The van der Waals surface area contributed by atoms with E-state index in [1.165, 1.54) is 12.7 Å². The number of nitro groups is 1. The topological polar surface area (TPSA) is 84.2 Å². The van der Waals surface area contributed by atoms with Crippen LogP contribution in [0.15, 0.2) is 6.33 Å². The Bertz CT molecular complexity index is 480. The standard InChI is InChI=1S/C13H21N5O2/c1-3-10-7-5-6-8-17(10)13-11(18(19)20)12(14-4-2)15-9-16-13/h9-10H,3-8H2,1-2H3,(H,14,15,16). The third-order valence-electron chi connectivity index (χ3n) is 3.70. The summed E-state index contributed by atoms with van der Waals surface area (Å²) in [4.78, 5) is 21.3. The van der Waals surface area contributed by atoms with Gasteiger partial charge in [0.2, 0.25) is 11.6 Å². The van der Waals surface area contributed by atoms with Gasteiger partial charge in [0.15, 0.2) is 0 Å². The number of aromatic nitrogens is 2. The molecule has 1 unspecified atom stereocenters. The van der Waals surface area contributed by atoms with Crippen LogP contribution in [-0.4, -0.2) is 34.0 Å². The predicted octanol–water partition coefficient (Wildman–Crippen LogP) is 2.59. The minimum absolute atomic E-state index is 0.00491. The Morgan fingerprint density at radius 3 is 2.90 bits per heavy atom. The van der Waals surface area contributed by atoms with Gasteiger partial charge in [0, 0.05) is 19.1 Å². The fraction of sp³-hybridized carbons (Fsp3) is 0.692. The van der Waals surface area contributed by atoms with Crippen LogP contribution >= 0.6 is 0 Å². The number of piperidine rings is 1. The van der Waals surface area contributed by atoms with Crippen molar-refractivity contribution in [2.24, 2.45) is 0 Å². The summed E-state index contributed by atoms with van der Waals surface area (Å²) in [6.07, 6.45) is 5.66. The molecule has 0 saturated carbocycles. The highest BCUT2D eigenvalue weighted by molar-refractivity contribution is 5.70. The van der Waals surface area contributed by atoms with E-state index in [-0.39, 0.29) is 10.6 Å². The van der Waals surface area contributed by atoms with Gasteiger partial charge in [-0.15, -0.1) is 0 Å². The van der Waals surface area contributed by atoms with Crippen molar-refractivity contribution in [2.45, 2.75) is 45.6 Å². The van der Waals surface area contributed by atoms with Crippen molar-refractivity contribution in [1.29, 1.82) is 0 Å². The van der Waals surface area contributed by atoms with Crippen LogP contribution in [0, 0.1) is 10.1 Å². The zero-order chi connectivity index (χ0) is 14.5. The summed E-state index contributed by atoms with van der Waals surface area (Å²) in [5, 5.41) is 14.4. The third-order valence-corrected chi connectivity index (χ3v) is 3.70. The van der Waals surface area contributed by atoms with Crippen LogP contribution in [0.25, 0.3) is 0 Å². The normalized spacial score (nSPS) is 18.9. The Hall–Kier alpha value is -1.92. The molecule has 1 saturated heterocycles. The molecule has 1 aliphatic rings. The highest BCUT2D eigenvalue weighted by atomic mass is 16.6. The second-order valence-corrected chi connectivity index (χ2v) is 4.93. The van der Waals surface area contributed by atoms with Crippen molar-refractivity contribution in [3.63, 3.8) is 0 Å². The van der Waals surface area contributed by atoms with Crippen LogP contribution < -0.4 is 10.2 Å². The molecule has 1 atom stereocenters. The summed E-state index contributed by atoms with van der Waals surface area (Å²) in [7, 11) is 0. The van der Waals surface area contributed by atoms with E-state index in [1.807, 2.05) is 6.92 Å². The largest absolute Gasteiger partial charge is 0.364 e. The third kappa shape index (κ3) is 2.81. The molecule has 7 nitrogen and oxygen atoms in total. The fourth-order valence-electron chi connectivity index (χ4n) is 2.75. The maximum absolute atomic E-state index is 11.4. The van der Waals surface area contributed by atoms with Crippen LogP contribution in [0.4, 0.5) is 17.3 Å². The molecular formula is C13H21N5O2. The Balaban J connectivity index is 2.43. The van der Waals surface area contributed by atoms with Gasteiger partial charge in [0.05, 0.1) is 4.92 Å². The minimum atomic E-state index is -0.380. The lowest BCUT2D eigenvalue weighted by molar-refractivity contribution is -0.383. The quantitative estimate of drug-likeness (QED) is 0.658. The van der Waals surface area contributed by atoms with E-state index < -0.39 is 0 Å². The van der Waals surface area contributed by atoms with Crippen LogP contribution in [0.5, 0.6) is 0 Å². The predicted molar refractivity (Wildman–Crippen MR) is 78.1 cm³/mol. The number of nitrogens with one attached hydrogen (secondary N) is 1. The summed E-state index contributed by atoms with van der Waals surface area (Å²) < 4.78 is 0. The van der Waals surface area contributed by atoms with Crippen molar-refractivity contribution < 1.29 is 4.92 Å². The van der Waals surface area contributed by atoms with Crippen LogP contribution in [0.3, 0.4) is 0 Å². The minimum Gasteiger partial charge on any atom is -0.364 e. The Kier molecular flexibility index (Phi) is 4.70. The lowest BCUT2D eigenvalue weighted by Gasteiger charge is -2.35. The highest BCUT2D eigenvalue weighted by Gasteiger charge is 2.31. The molecule has 1 fully saturated rings.